The van der Waals surface area contributed by atoms with Crippen LogP contribution >= 0.6 is 11.3 Å². The van der Waals surface area contributed by atoms with Gasteiger partial charge in [0, 0.05) is 12.5 Å². The van der Waals surface area contributed by atoms with Gasteiger partial charge >= 0.3 is 0 Å². The number of thiophene rings is 1. The molecule has 0 spiro atoms. The van der Waals surface area contributed by atoms with E-state index in [0.717, 1.165) is 11.3 Å². The van der Waals surface area contributed by atoms with E-state index in [-0.39, 0.29) is 16.7 Å². The Hall–Kier alpha value is -2.52. The van der Waals surface area contributed by atoms with Crippen LogP contribution in [-0.2, 0) is 10.0 Å². The van der Waals surface area contributed by atoms with Gasteiger partial charge in [0.2, 0.25) is 5.65 Å². The smallest absolute Gasteiger partial charge is 0.274 e. The van der Waals surface area contributed by atoms with Crippen LogP contribution in [0.25, 0.3) is 16.7 Å². The van der Waals surface area contributed by atoms with Crippen LogP contribution in [0.1, 0.15) is 32.5 Å². The van der Waals surface area contributed by atoms with Crippen LogP contribution in [-0.4, -0.2) is 34.5 Å². The van der Waals surface area contributed by atoms with Crippen molar-refractivity contribution in [3.05, 3.63) is 47.6 Å². The topological polar surface area (TPSA) is 80.5 Å². The van der Waals surface area contributed by atoms with Crippen LogP contribution in [0.5, 0.6) is 0 Å². The normalized spacial score (nSPS) is 12.3. The molecule has 0 radical (unpaired) electrons. The van der Waals surface area contributed by atoms with Crippen molar-refractivity contribution in [3.8, 4) is 0 Å². The molecule has 27 heavy (non-hydrogen) atoms. The average molecular weight is 402 g/mol. The molecule has 9 heteroatoms. The predicted molar refractivity (Wildman–Crippen MR) is 107 cm³/mol. The second-order valence-corrected chi connectivity index (χ2v) is 9.43. The second-order valence-electron chi connectivity index (χ2n) is 6.40. The van der Waals surface area contributed by atoms with Gasteiger partial charge in [-0.1, -0.05) is 32.0 Å². The molecule has 0 atom stereocenters. The number of aromatic nitrogens is 4. The Labute approximate surface area is 161 Å². The molecular formula is C18H19N5O2S2. The molecule has 3 aromatic heterocycles. The highest BCUT2D eigenvalue weighted by molar-refractivity contribution is 7.94. The molecule has 0 aliphatic heterocycles. The lowest BCUT2D eigenvalue weighted by molar-refractivity contribution is 0.593. The molecule has 4 rings (SSSR count). The zero-order chi connectivity index (χ0) is 19.2. The number of anilines is 1. The number of hydrogen-bond donors (Lipinski definition) is 0. The van der Waals surface area contributed by atoms with E-state index >= 15 is 0 Å². The molecule has 1 aromatic carbocycles. The van der Waals surface area contributed by atoms with Gasteiger partial charge in [-0.05, 0) is 30.5 Å². The van der Waals surface area contributed by atoms with Gasteiger partial charge in [0.25, 0.3) is 10.0 Å². The monoisotopic (exact) mass is 401 g/mol. The van der Waals surface area contributed by atoms with Crippen molar-refractivity contribution in [1.82, 2.24) is 19.6 Å². The molecule has 0 aliphatic carbocycles. The molecule has 0 aliphatic rings. The third-order valence-electron chi connectivity index (χ3n) is 4.32. The lowest BCUT2D eigenvalue weighted by atomic mass is 10.2. The number of benzene rings is 1. The summed E-state index contributed by atoms with van der Waals surface area (Å²) in [4.78, 5) is 4.65. The van der Waals surface area contributed by atoms with E-state index in [9.17, 15) is 8.42 Å². The zero-order valence-corrected chi connectivity index (χ0v) is 16.8. The lowest BCUT2D eigenvalue weighted by Gasteiger charge is -2.22. The maximum Gasteiger partial charge on any atom is 0.275 e. The number of rotatable bonds is 5. The van der Waals surface area contributed by atoms with E-state index in [4.69, 9.17) is 0 Å². The summed E-state index contributed by atoms with van der Waals surface area (Å²) in [5.74, 6) is 1.20. The fourth-order valence-electron chi connectivity index (χ4n) is 3.08. The average Bonchev–Trinajstić information content (AvgIpc) is 3.32. The molecule has 0 fully saturated rings. The number of sulfonamides is 1. The number of nitrogens with zero attached hydrogens (tertiary/aromatic N) is 5. The van der Waals surface area contributed by atoms with Crippen molar-refractivity contribution in [2.45, 2.75) is 30.9 Å². The van der Waals surface area contributed by atoms with E-state index in [1.807, 2.05) is 42.5 Å². The molecule has 3 heterocycles. The standard InChI is InChI=1S/C18H19N5O2S2/c1-4-22(27(24,25)15-10-7-11-26-15)17-18-21-20-16(12(2)3)23(18)14-9-6-5-8-13(14)19-17/h5-12H,4H2,1-3H3. The molecule has 0 N–H and O–H groups in total. The van der Waals surface area contributed by atoms with Crippen LogP contribution in [0.4, 0.5) is 5.82 Å². The Balaban J connectivity index is 2.06. The molecule has 0 saturated heterocycles. The molecule has 7 nitrogen and oxygen atoms in total. The van der Waals surface area contributed by atoms with Gasteiger partial charge in [-0.3, -0.25) is 4.40 Å². The fourth-order valence-corrected chi connectivity index (χ4v) is 5.61. The van der Waals surface area contributed by atoms with Gasteiger partial charge in [0.1, 0.15) is 10.0 Å². The fraction of sp³-hybridized carbons (Fsp3) is 0.278. The van der Waals surface area contributed by atoms with Crippen LogP contribution in [0.3, 0.4) is 0 Å². The SMILES string of the molecule is CCN(c1nc2ccccc2n2c(C(C)C)nnc12)S(=O)(=O)c1cccs1. The van der Waals surface area contributed by atoms with Crippen molar-refractivity contribution >= 4 is 43.9 Å². The Bertz CT molecular complexity index is 1210. The molecular weight excluding hydrogens is 382 g/mol. The van der Waals surface area contributed by atoms with Crippen LogP contribution < -0.4 is 4.31 Å². The Morgan fingerprint density at radius 2 is 1.93 bits per heavy atom. The van der Waals surface area contributed by atoms with E-state index in [1.165, 1.54) is 15.6 Å². The third-order valence-corrected chi connectivity index (χ3v) is 7.55. The summed E-state index contributed by atoms with van der Waals surface area (Å²) in [5.41, 5.74) is 2.00. The summed E-state index contributed by atoms with van der Waals surface area (Å²) >= 11 is 1.19. The van der Waals surface area contributed by atoms with E-state index < -0.39 is 10.0 Å². The van der Waals surface area contributed by atoms with Crippen molar-refractivity contribution < 1.29 is 8.42 Å². The van der Waals surface area contributed by atoms with Crippen molar-refractivity contribution in [2.75, 3.05) is 10.8 Å². The molecule has 0 saturated carbocycles. The highest BCUT2D eigenvalue weighted by Crippen LogP contribution is 2.31. The Morgan fingerprint density at radius 3 is 2.59 bits per heavy atom. The van der Waals surface area contributed by atoms with E-state index in [0.29, 0.717) is 17.0 Å². The largest absolute Gasteiger partial charge is 0.275 e. The first-order chi connectivity index (χ1) is 12.9. The molecule has 0 amide bonds. The number of hydrogen-bond acceptors (Lipinski definition) is 6. The molecule has 4 aromatic rings. The summed E-state index contributed by atoms with van der Waals surface area (Å²) < 4.78 is 29.9. The van der Waals surface area contributed by atoms with Gasteiger partial charge in [0.05, 0.1) is 11.0 Å². The Morgan fingerprint density at radius 1 is 1.15 bits per heavy atom. The van der Waals surface area contributed by atoms with Gasteiger partial charge in [-0.2, -0.15) is 0 Å². The minimum atomic E-state index is -3.72. The molecule has 140 valence electrons. The minimum absolute atomic E-state index is 0.127. The summed E-state index contributed by atoms with van der Waals surface area (Å²) in [6.07, 6.45) is 0. The van der Waals surface area contributed by atoms with Crippen molar-refractivity contribution in [3.63, 3.8) is 0 Å². The zero-order valence-electron chi connectivity index (χ0n) is 15.2. The van der Waals surface area contributed by atoms with Gasteiger partial charge in [-0.25, -0.2) is 17.7 Å². The van der Waals surface area contributed by atoms with Crippen LogP contribution in [0, 0.1) is 0 Å². The number of fused-ring (bicyclic) bond motifs is 3. The van der Waals surface area contributed by atoms with Gasteiger partial charge in [-0.15, -0.1) is 21.5 Å². The summed E-state index contributed by atoms with van der Waals surface area (Å²) in [6, 6.07) is 10.9. The maximum absolute atomic E-state index is 13.2. The summed E-state index contributed by atoms with van der Waals surface area (Å²) in [6.45, 7) is 6.10. The third kappa shape index (κ3) is 2.78. The minimum Gasteiger partial charge on any atom is -0.274 e. The van der Waals surface area contributed by atoms with E-state index in [1.54, 1.807) is 24.4 Å². The highest BCUT2D eigenvalue weighted by atomic mass is 32.2. The molecule has 0 bridgehead atoms. The Kier molecular flexibility index (Phi) is 4.35. The maximum atomic E-state index is 13.2. The van der Waals surface area contributed by atoms with Crippen LogP contribution in [0.2, 0.25) is 0 Å². The summed E-state index contributed by atoms with van der Waals surface area (Å²) in [7, 11) is -3.72. The lowest BCUT2D eigenvalue weighted by Crippen LogP contribution is -2.31. The first-order valence-corrected chi connectivity index (χ1v) is 11.0. The first kappa shape index (κ1) is 17.9. The predicted octanol–water partition coefficient (Wildman–Crippen LogP) is 3.68. The van der Waals surface area contributed by atoms with Crippen molar-refractivity contribution in [1.29, 1.82) is 0 Å². The number of para-hydroxylation sites is 2. The highest BCUT2D eigenvalue weighted by Gasteiger charge is 2.29. The van der Waals surface area contributed by atoms with Crippen LogP contribution in [0.15, 0.2) is 46.0 Å². The van der Waals surface area contributed by atoms with Crippen molar-refractivity contribution in [2.24, 2.45) is 0 Å². The molecule has 0 unspecified atom stereocenters. The van der Waals surface area contributed by atoms with E-state index in [2.05, 4.69) is 15.2 Å². The first-order valence-electron chi connectivity index (χ1n) is 8.65. The van der Waals surface area contributed by atoms with Gasteiger partial charge in [0.15, 0.2) is 5.82 Å². The second kappa shape index (κ2) is 6.58. The quantitative estimate of drug-likeness (QED) is 0.510. The summed E-state index contributed by atoms with van der Waals surface area (Å²) in [5, 5.41) is 10.4. The van der Waals surface area contributed by atoms with Gasteiger partial charge < -0.3 is 0 Å².